The molecule has 0 aromatic heterocycles. The third-order valence-corrected chi connectivity index (χ3v) is 16.3. The zero-order chi connectivity index (χ0) is 39.4. The molecule has 0 heterocycles. The molecule has 4 nitrogen and oxygen atoms in total. The number of fused-ring (bicyclic) bond motifs is 5. The van der Waals surface area contributed by atoms with E-state index in [1.807, 2.05) is 12.1 Å². The molecule has 4 aliphatic rings. The molecule has 0 spiro atoms. The fourth-order valence-electron chi connectivity index (χ4n) is 13.3. The number of benzene rings is 2. The van der Waals surface area contributed by atoms with Crippen molar-refractivity contribution in [2.45, 2.75) is 201 Å². The average molecular weight is 769 g/mol. The van der Waals surface area contributed by atoms with Crippen LogP contribution in [0.25, 0.3) is 0 Å². The topological polar surface area (TPSA) is 56.5 Å². The minimum absolute atomic E-state index is 0.196. The number of hydrogen-bond donors (Lipinski definition) is 2. The second-order valence-electron chi connectivity index (χ2n) is 20.0. The quantitative estimate of drug-likeness (QED) is 0.0873. The van der Waals surface area contributed by atoms with Gasteiger partial charge in [0.2, 0.25) is 0 Å². The summed E-state index contributed by atoms with van der Waals surface area (Å²) < 4.78 is 14.0. The molecule has 56 heavy (non-hydrogen) atoms. The first-order valence-electron chi connectivity index (χ1n) is 24.3. The number of nitrogens with one attached hydrogen (secondary N) is 1. The summed E-state index contributed by atoms with van der Waals surface area (Å²) in [4.78, 5) is 0. The van der Waals surface area contributed by atoms with E-state index in [2.05, 4.69) is 76.3 Å². The van der Waals surface area contributed by atoms with Crippen LogP contribution in [0.4, 0.5) is 11.4 Å². The van der Waals surface area contributed by atoms with Gasteiger partial charge in [0.25, 0.3) is 0 Å². The van der Waals surface area contributed by atoms with Gasteiger partial charge in [-0.1, -0.05) is 143 Å². The highest BCUT2D eigenvalue weighted by molar-refractivity contribution is 5.48. The Morgan fingerprint density at radius 1 is 0.661 bits per heavy atom. The number of nitrogens with two attached hydrogens (primary N) is 1. The van der Waals surface area contributed by atoms with Gasteiger partial charge in [-0.3, -0.25) is 0 Å². The summed E-state index contributed by atoms with van der Waals surface area (Å²) in [6.07, 6.45) is 33.0. The molecule has 0 radical (unpaired) electrons. The second-order valence-corrected chi connectivity index (χ2v) is 20.0. The summed E-state index contributed by atoms with van der Waals surface area (Å²) in [7, 11) is 0. The van der Waals surface area contributed by atoms with Crippen molar-refractivity contribution in [3.8, 4) is 11.5 Å². The van der Waals surface area contributed by atoms with Gasteiger partial charge in [0.15, 0.2) is 0 Å². The van der Waals surface area contributed by atoms with Gasteiger partial charge in [0, 0.05) is 36.0 Å². The van der Waals surface area contributed by atoms with Gasteiger partial charge in [-0.05, 0) is 122 Å². The Hall–Kier alpha value is -2.36. The summed E-state index contributed by atoms with van der Waals surface area (Å²) in [5.41, 5.74) is 9.02. The Kier molecular flexibility index (Phi) is 16.3. The summed E-state index contributed by atoms with van der Waals surface area (Å²) in [6, 6.07) is 17.0. The van der Waals surface area contributed by atoms with Gasteiger partial charge in [-0.2, -0.15) is 0 Å². The molecule has 4 saturated carbocycles. The molecule has 0 saturated heterocycles. The Morgan fingerprint density at radius 3 is 1.96 bits per heavy atom. The fourth-order valence-corrected chi connectivity index (χ4v) is 13.3. The van der Waals surface area contributed by atoms with Gasteiger partial charge in [-0.25, -0.2) is 0 Å². The van der Waals surface area contributed by atoms with E-state index in [9.17, 15) is 0 Å². The summed E-state index contributed by atoms with van der Waals surface area (Å²) in [6.45, 7) is 13.6. The maximum Gasteiger partial charge on any atom is 0.121 e. The summed E-state index contributed by atoms with van der Waals surface area (Å²) >= 11 is 0. The minimum Gasteiger partial charge on any atom is -0.490 e. The van der Waals surface area contributed by atoms with Gasteiger partial charge in [0.05, 0.1) is 6.10 Å². The molecule has 10 atom stereocenters. The first-order valence-corrected chi connectivity index (χ1v) is 24.3. The average Bonchev–Trinajstić information content (AvgIpc) is 3.54. The van der Waals surface area contributed by atoms with Crippen LogP contribution in [-0.4, -0.2) is 18.8 Å². The van der Waals surface area contributed by atoms with E-state index in [1.165, 1.54) is 147 Å². The molecule has 2 aromatic rings. The lowest BCUT2D eigenvalue weighted by molar-refractivity contribution is -0.164. The monoisotopic (exact) mass is 769 g/mol. The molecule has 4 heteroatoms. The Balaban J connectivity index is 0.999. The van der Waals surface area contributed by atoms with Crippen LogP contribution in [0.3, 0.4) is 0 Å². The van der Waals surface area contributed by atoms with Crippen LogP contribution in [0.2, 0.25) is 0 Å². The van der Waals surface area contributed by atoms with Crippen molar-refractivity contribution in [3.05, 3.63) is 48.5 Å². The van der Waals surface area contributed by atoms with Crippen molar-refractivity contribution in [3.63, 3.8) is 0 Å². The number of nitrogen functional groups attached to an aromatic ring is 1. The lowest BCUT2D eigenvalue weighted by Crippen LogP contribution is -2.59. The van der Waals surface area contributed by atoms with Crippen LogP contribution in [0.1, 0.15) is 189 Å². The van der Waals surface area contributed by atoms with Crippen LogP contribution in [0.15, 0.2) is 48.5 Å². The maximum absolute atomic E-state index is 7.11. The van der Waals surface area contributed by atoms with Crippen LogP contribution < -0.4 is 20.5 Å². The largest absolute Gasteiger partial charge is 0.490 e. The Labute approximate surface area is 344 Å². The Morgan fingerprint density at radius 2 is 1.29 bits per heavy atom. The van der Waals surface area contributed by atoms with Crippen LogP contribution in [-0.2, 0) is 0 Å². The number of ether oxygens (including phenoxy) is 2. The van der Waals surface area contributed by atoms with Crippen LogP contribution in [0, 0.1) is 46.3 Å². The van der Waals surface area contributed by atoms with Crippen molar-refractivity contribution in [2.75, 3.05) is 17.6 Å². The second kappa shape index (κ2) is 21.1. The molecular formula is C52H84N2O2. The molecular weight excluding hydrogens is 685 g/mol. The molecule has 4 aliphatic carbocycles. The standard InChI is InChI=1S/C52H84N2O2/c1-6-8-9-10-11-12-13-14-15-16-17-18-19-20-34-54-41-25-22-27-43(36-41)55-44-30-32-52(5)48-31-33-51(4)46(39(3)23-7-2)28-29-47(51)45(48)38-50(49(52)37-44)56-42-26-21-24-40(53)35-42/h21-22,24-27,35-36,39,44-50,54H,6-20,23,28-34,37-38,53H2,1-5H3/t39-,44?,45+,46-,47+,48+,49?,50?,51-,52-/m1/s1. The SMILES string of the molecule is CCCCCCCCCCCCCCCCNc1cccc(OC2CC[C@@]3(C)C(C2)C(Oc2cccc(N)c2)C[C@H]2[C@@H]4CC[C@H]([C@H](C)CCC)[C@@]4(C)CC[C@@H]23)c1. The highest BCUT2D eigenvalue weighted by atomic mass is 16.5. The van der Waals surface area contributed by atoms with E-state index in [4.69, 9.17) is 15.2 Å². The van der Waals surface area contributed by atoms with Gasteiger partial charge >= 0.3 is 0 Å². The normalized spacial score (nSPS) is 31.6. The van der Waals surface area contributed by atoms with Crippen LogP contribution >= 0.6 is 0 Å². The van der Waals surface area contributed by atoms with Gasteiger partial charge in [-0.15, -0.1) is 0 Å². The first kappa shape index (κ1) is 43.2. The molecule has 3 unspecified atom stereocenters. The lowest BCUT2D eigenvalue weighted by Gasteiger charge is -2.63. The minimum atomic E-state index is 0.196. The van der Waals surface area contributed by atoms with E-state index >= 15 is 0 Å². The van der Waals surface area contributed by atoms with Gasteiger partial charge in [0.1, 0.15) is 17.6 Å². The van der Waals surface area contributed by atoms with E-state index in [0.717, 1.165) is 66.2 Å². The highest BCUT2D eigenvalue weighted by Gasteiger charge is 2.63. The first-order chi connectivity index (χ1) is 27.2. The van der Waals surface area contributed by atoms with E-state index in [0.29, 0.717) is 11.3 Å². The molecule has 4 fully saturated rings. The maximum atomic E-state index is 7.11. The zero-order valence-corrected chi connectivity index (χ0v) is 36.8. The smallest absolute Gasteiger partial charge is 0.121 e. The third-order valence-electron chi connectivity index (χ3n) is 16.3. The summed E-state index contributed by atoms with van der Waals surface area (Å²) in [5.74, 6) is 6.50. The van der Waals surface area contributed by atoms with Crippen molar-refractivity contribution in [1.82, 2.24) is 0 Å². The predicted octanol–water partition coefficient (Wildman–Crippen LogP) is 15.1. The zero-order valence-electron chi connectivity index (χ0n) is 36.8. The van der Waals surface area contributed by atoms with Crippen molar-refractivity contribution >= 4 is 11.4 Å². The molecule has 2 aromatic carbocycles. The van der Waals surface area contributed by atoms with E-state index < -0.39 is 0 Å². The Bertz CT molecular complexity index is 1440. The summed E-state index contributed by atoms with van der Waals surface area (Å²) in [5, 5.41) is 3.71. The fraction of sp³-hybridized carbons (Fsp3) is 0.769. The van der Waals surface area contributed by atoms with Crippen molar-refractivity contribution in [2.24, 2.45) is 46.3 Å². The predicted molar refractivity (Wildman–Crippen MR) is 240 cm³/mol. The molecule has 0 aliphatic heterocycles. The number of unbranched alkanes of at least 4 members (excludes halogenated alkanes) is 13. The van der Waals surface area contributed by atoms with Crippen molar-refractivity contribution in [1.29, 1.82) is 0 Å². The number of anilines is 2. The molecule has 0 bridgehead atoms. The number of hydrogen-bond acceptors (Lipinski definition) is 4. The molecule has 3 N–H and O–H groups in total. The highest BCUT2D eigenvalue weighted by Crippen LogP contribution is 2.68. The molecule has 6 rings (SSSR count). The van der Waals surface area contributed by atoms with E-state index in [-0.39, 0.29) is 17.6 Å². The lowest BCUT2D eigenvalue weighted by atomic mass is 9.43. The molecule has 314 valence electrons. The third kappa shape index (κ3) is 10.8. The van der Waals surface area contributed by atoms with Crippen LogP contribution in [0.5, 0.6) is 11.5 Å². The van der Waals surface area contributed by atoms with Gasteiger partial charge < -0.3 is 20.5 Å². The number of rotatable bonds is 23. The van der Waals surface area contributed by atoms with E-state index in [1.54, 1.807) is 0 Å². The molecule has 0 amide bonds. The van der Waals surface area contributed by atoms with Crippen molar-refractivity contribution < 1.29 is 9.47 Å².